The summed E-state index contributed by atoms with van der Waals surface area (Å²) in [5.41, 5.74) is 10.6. The van der Waals surface area contributed by atoms with Crippen LogP contribution in [0.3, 0.4) is 0 Å². The van der Waals surface area contributed by atoms with Crippen LogP contribution in [0.4, 0.5) is 0 Å². The lowest BCUT2D eigenvalue weighted by Gasteiger charge is -2.17. The average Bonchev–Trinajstić information content (AvgIpc) is 1.66. The number of pyridine rings is 7. The standard InChI is InChI=1S/C21H17NO4.C18H16N2O4.C18H17NO6.C17H15N3O4.C14H10N2O2.C14H13NO3.C6H5NO/c1-25-18-11-9-15(10-12-18)19(23)20(17-8-5-13-22-14-17)26-21(24)16-6-3-2-4-7-16;1-22-14-7-5-12(6-8-14)17-18(13-4-3-9-19-11-13)24-15(20-17)10-16(21)23-2;1-23-14-7-5-12(6-8-14)17(22)18(13-4-3-9-19-11-13)25-16(21)10-15(20)24-2;1-23-13-6-4-11(5-7-13)16-17(12-3-2-8-18-10-12)24-15(19-16)9-14(21)20-22;15-9-13(12-7-4-8-16-10-12)18-14(17)11-5-2-1-3-6-11;1-18-12-6-4-10(5-7-12)13(16)14(17)11-3-2-8-15-9-11;8-5-6-2-1-3-7-4-6/h2-14,20H,1H3;3-9,11H,10H2,1-2H3;3-9,11,18H,10H2,1-2H3;2-8,10,22H,9H2,1H3,(H,20,21);1-8,10,13H;2-9,14,17H,1H3;1-5H. The van der Waals surface area contributed by atoms with Gasteiger partial charge in [-0.25, -0.2) is 25.0 Å². The van der Waals surface area contributed by atoms with Gasteiger partial charge >= 0.3 is 29.8 Å². The van der Waals surface area contributed by atoms with Gasteiger partial charge in [-0.1, -0.05) is 60.7 Å². The number of benzene rings is 7. The van der Waals surface area contributed by atoms with Crippen molar-refractivity contribution in [1.82, 2.24) is 50.3 Å². The van der Waals surface area contributed by atoms with Crippen LogP contribution in [0.15, 0.2) is 363 Å². The van der Waals surface area contributed by atoms with E-state index < -0.39 is 72.4 Å². The van der Waals surface area contributed by atoms with E-state index in [-0.39, 0.29) is 30.3 Å². The summed E-state index contributed by atoms with van der Waals surface area (Å²) in [6.45, 7) is 0. The van der Waals surface area contributed by atoms with E-state index in [9.17, 15) is 53.1 Å². The first-order valence-electron chi connectivity index (χ1n) is 43.1. The van der Waals surface area contributed by atoms with Crippen molar-refractivity contribution in [2.75, 3.05) is 49.8 Å². The minimum Gasteiger partial charge on any atom is -0.497 e. The van der Waals surface area contributed by atoms with Crippen LogP contribution < -0.4 is 29.2 Å². The molecule has 16 aromatic rings. The van der Waals surface area contributed by atoms with Gasteiger partial charge in [-0.05, 0) is 206 Å². The van der Waals surface area contributed by atoms with Gasteiger partial charge in [0, 0.05) is 154 Å². The van der Waals surface area contributed by atoms with Crippen molar-refractivity contribution in [3.63, 3.8) is 0 Å². The van der Waals surface area contributed by atoms with Crippen molar-refractivity contribution in [3.05, 3.63) is 421 Å². The van der Waals surface area contributed by atoms with Crippen LogP contribution in [-0.4, -0.2) is 164 Å². The third-order valence-electron chi connectivity index (χ3n) is 19.9. The Hall–Kier alpha value is -19.1. The molecule has 143 heavy (non-hydrogen) atoms. The molecule has 1 amide bonds. The van der Waals surface area contributed by atoms with E-state index in [4.69, 9.17) is 57.2 Å². The van der Waals surface area contributed by atoms with Crippen LogP contribution in [0.1, 0.15) is 127 Å². The monoisotopic (exact) mass is 1930 g/mol. The van der Waals surface area contributed by atoms with Gasteiger partial charge in [0.25, 0.3) is 5.91 Å². The second-order valence-electron chi connectivity index (χ2n) is 29.3. The number of hydrogen-bond donors (Lipinski definition) is 3. The molecule has 4 atom stereocenters. The molecule has 0 bridgehead atoms. The predicted octanol–water partition coefficient (Wildman–Crippen LogP) is 17.0. The number of rotatable bonds is 31. The number of aliphatic hydroxyl groups is 1. The third-order valence-corrected chi connectivity index (χ3v) is 19.9. The molecule has 0 aliphatic carbocycles. The number of carbonyl (C=O) groups is 10. The van der Waals surface area contributed by atoms with Gasteiger partial charge in [-0.15, -0.1) is 0 Å². The fourth-order valence-electron chi connectivity index (χ4n) is 12.6. The SMILES string of the molecule is COC(=O)CC(=O)OC(C(=O)c1ccc(OC)cc1)c1cccnc1.COC(=O)Cc1nc(-c2ccc(OC)cc2)c(-c2cccnc2)o1.COc1ccc(-c2nc(CC(=O)NO)oc2-c2cccnc2)cc1.COc1ccc(C(=O)C(O)c2cccnc2)cc1.COc1ccc(C(=O)C(OC(=O)c2ccccc2)c2cccnc2)cc1.N#CC(OC(=O)c1ccccc1)c1cccnc1.O=Cc1cccnc1. The number of esters is 5. The normalized spacial score (nSPS) is 10.9. The number of ether oxygens (including phenoxy) is 10. The molecule has 0 saturated carbocycles. The molecule has 16 rings (SSSR count). The van der Waals surface area contributed by atoms with Gasteiger partial charge in [0.2, 0.25) is 29.5 Å². The van der Waals surface area contributed by atoms with Gasteiger partial charge in [0.05, 0.1) is 60.9 Å². The highest BCUT2D eigenvalue weighted by Crippen LogP contribution is 2.37. The zero-order valence-corrected chi connectivity index (χ0v) is 77.8. The Balaban J connectivity index is 0.000000174. The minimum atomic E-state index is -1.21. The molecule has 9 aromatic heterocycles. The predicted molar refractivity (Wildman–Crippen MR) is 517 cm³/mol. The highest BCUT2D eigenvalue weighted by atomic mass is 16.6. The molecule has 9 heterocycles. The lowest BCUT2D eigenvalue weighted by molar-refractivity contribution is -0.155. The highest BCUT2D eigenvalue weighted by Gasteiger charge is 2.31. The number of nitrogens with zero attached hydrogens (tertiary/aromatic N) is 10. The number of carbonyl (C=O) groups excluding carboxylic acids is 10. The molecule has 724 valence electrons. The van der Waals surface area contributed by atoms with Gasteiger partial charge in [-0.3, -0.25) is 78.5 Å². The van der Waals surface area contributed by atoms with Gasteiger partial charge in [0.15, 0.2) is 35.8 Å². The number of Topliss-reactive ketones (excluding diaryl/α,β-unsaturated/α-hetero) is 3. The molecule has 0 aliphatic rings. The number of nitrogens with one attached hydrogen (secondary N) is 1. The largest absolute Gasteiger partial charge is 0.497 e. The van der Waals surface area contributed by atoms with Crippen LogP contribution in [0.25, 0.3) is 45.2 Å². The van der Waals surface area contributed by atoms with Crippen molar-refractivity contribution >= 4 is 59.4 Å². The Kier molecular flexibility index (Phi) is 41.8. The zero-order valence-electron chi connectivity index (χ0n) is 77.8. The van der Waals surface area contributed by atoms with E-state index in [1.807, 2.05) is 72.8 Å². The lowest BCUT2D eigenvalue weighted by Crippen LogP contribution is -2.22. The van der Waals surface area contributed by atoms with Crippen LogP contribution in [0.2, 0.25) is 0 Å². The molecule has 3 N–H and O–H groups in total. The van der Waals surface area contributed by atoms with Crippen molar-refractivity contribution in [3.8, 4) is 80.0 Å². The molecule has 0 saturated heterocycles. The Bertz CT molecular complexity index is 6630. The first kappa shape index (κ1) is 106. The number of methoxy groups -OCH3 is 7. The lowest BCUT2D eigenvalue weighted by atomic mass is 10.0. The van der Waals surface area contributed by atoms with Crippen LogP contribution in [0, 0.1) is 11.3 Å². The molecule has 4 unspecified atom stereocenters. The van der Waals surface area contributed by atoms with Crippen LogP contribution in [-0.2, 0) is 55.7 Å². The van der Waals surface area contributed by atoms with Crippen LogP contribution >= 0.6 is 0 Å². The zero-order chi connectivity index (χ0) is 102. The second kappa shape index (κ2) is 56.4. The van der Waals surface area contributed by atoms with E-state index in [1.165, 1.54) is 51.4 Å². The van der Waals surface area contributed by atoms with E-state index >= 15 is 0 Å². The maximum atomic E-state index is 13.0. The highest BCUT2D eigenvalue weighted by molar-refractivity contribution is 6.04. The van der Waals surface area contributed by atoms with Gasteiger partial charge in [-0.2, -0.15) is 5.26 Å². The molecule has 35 nitrogen and oxygen atoms in total. The molecule has 0 spiro atoms. The number of nitriles is 1. The minimum absolute atomic E-state index is 0.0279. The Labute approximate surface area is 819 Å². The fourth-order valence-corrected chi connectivity index (χ4v) is 12.6. The Morgan fingerprint density at radius 3 is 1.05 bits per heavy atom. The fraction of sp³-hybridized carbons (Fsp3) is 0.130. The summed E-state index contributed by atoms with van der Waals surface area (Å²) in [5, 5.41) is 27.6. The van der Waals surface area contributed by atoms with E-state index in [0.29, 0.717) is 102 Å². The second-order valence-corrected chi connectivity index (χ2v) is 29.3. The van der Waals surface area contributed by atoms with Crippen LogP contribution in [0.5, 0.6) is 28.7 Å². The number of aliphatic hydroxyl groups excluding tert-OH is 1. The number of aldehydes is 1. The molecular weight excluding hydrogens is 1840 g/mol. The molecule has 0 radical (unpaired) electrons. The summed E-state index contributed by atoms with van der Waals surface area (Å²) in [7, 11) is 10.3. The summed E-state index contributed by atoms with van der Waals surface area (Å²) >= 11 is 0. The van der Waals surface area contributed by atoms with Crippen molar-refractivity contribution in [2.45, 2.75) is 43.7 Å². The third kappa shape index (κ3) is 32.6. The number of aromatic nitrogens is 9. The Morgan fingerprint density at radius 1 is 0.357 bits per heavy atom. The average molecular weight is 1930 g/mol. The summed E-state index contributed by atoms with van der Waals surface area (Å²) < 4.78 is 62.0. The number of hydrogen-bond acceptors (Lipinski definition) is 34. The smallest absolute Gasteiger partial charge is 0.339 e. The summed E-state index contributed by atoms with van der Waals surface area (Å²) in [4.78, 5) is 154. The van der Waals surface area contributed by atoms with Crippen molar-refractivity contribution < 1.29 is 114 Å². The molecule has 0 fully saturated rings. The van der Waals surface area contributed by atoms with Gasteiger partial charge < -0.3 is 61.3 Å². The van der Waals surface area contributed by atoms with Crippen molar-refractivity contribution in [1.29, 1.82) is 5.26 Å². The van der Waals surface area contributed by atoms with Gasteiger partial charge in [0.1, 0.15) is 71.6 Å². The Morgan fingerprint density at radius 2 is 0.706 bits per heavy atom. The van der Waals surface area contributed by atoms with Crippen molar-refractivity contribution in [2.24, 2.45) is 0 Å². The summed E-state index contributed by atoms with van der Waals surface area (Å²) in [6.07, 6.45) is 17.7. The first-order valence-corrected chi connectivity index (χ1v) is 43.1. The number of oxazole rings is 2. The first-order chi connectivity index (χ1) is 69.6. The number of hydroxylamine groups is 1. The topological polar surface area (TPSA) is 482 Å². The van der Waals surface area contributed by atoms with E-state index in [1.54, 1.807) is 284 Å². The summed E-state index contributed by atoms with van der Waals surface area (Å²) in [5.74, 6) is 0.126. The maximum absolute atomic E-state index is 13.0. The summed E-state index contributed by atoms with van der Waals surface area (Å²) in [6, 6.07) is 77.6. The molecule has 35 heteroatoms. The van der Waals surface area contributed by atoms with E-state index in [2.05, 4.69) is 54.3 Å². The molecule has 7 aromatic carbocycles. The quantitative estimate of drug-likeness (QED) is 0.00691. The van der Waals surface area contributed by atoms with E-state index in [0.717, 1.165) is 47.1 Å². The number of amides is 1. The molecular formula is C108H93N11O24. The maximum Gasteiger partial charge on any atom is 0.339 e. The number of ketones is 3. The molecule has 0 aliphatic heterocycles.